The number of aliphatic hydroxyl groups excluding tert-OH is 1. The average molecular weight is 255 g/mol. The van der Waals surface area contributed by atoms with Crippen LogP contribution in [0, 0.1) is 11.8 Å². The summed E-state index contributed by atoms with van der Waals surface area (Å²) in [6.07, 6.45) is 3.06. The molecule has 1 aliphatic carbocycles. The highest BCUT2D eigenvalue weighted by Gasteiger charge is 2.30. The molecule has 1 unspecified atom stereocenters. The van der Waals surface area contributed by atoms with Crippen molar-refractivity contribution in [3.8, 4) is 0 Å². The maximum Gasteiger partial charge on any atom is 0.205 e. The normalized spacial score (nSPS) is 17.5. The fourth-order valence-corrected chi connectivity index (χ4v) is 2.50. The molecule has 2 rings (SSSR count). The van der Waals surface area contributed by atoms with Crippen LogP contribution in [0.15, 0.2) is 0 Å². The van der Waals surface area contributed by atoms with Crippen LogP contribution in [-0.2, 0) is 6.42 Å². The summed E-state index contributed by atoms with van der Waals surface area (Å²) in [6.45, 7) is 5.00. The van der Waals surface area contributed by atoms with Crippen molar-refractivity contribution in [1.82, 2.24) is 9.36 Å². The second-order valence-corrected chi connectivity index (χ2v) is 6.11. The molecule has 1 aliphatic rings. The minimum absolute atomic E-state index is 0.211. The molecular weight excluding hydrogens is 234 g/mol. The number of hydrogen-bond donors (Lipinski definition) is 1. The molecule has 1 fully saturated rings. The molecule has 0 spiro atoms. The molecule has 1 aromatic rings. The minimum Gasteiger partial charge on any atom is -0.391 e. The lowest BCUT2D eigenvalue weighted by Gasteiger charge is -2.19. The standard InChI is InChI=1S/C12H21N3OS/c1-8(2)6-11-13-12(17-14-11)15(3)7-10(16)9-4-5-9/h8-10,16H,4-7H2,1-3H3. The number of aromatic nitrogens is 2. The molecule has 4 nitrogen and oxygen atoms in total. The molecule has 0 aliphatic heterocycles. The lowest BCUT2D eigenvalue weighted by atomic mass is 10.1. The van der Waals surface area contributed by atoms with E-state index in [-0.39, 0.29) is 6.10 Å². The molecule has 1 atom stereocenters. The number of nitrogens with zero attached hydrogens (tertiary/aromatic N) is 3. The lowest BCUT2D eigenvalue weighted by molar-refractivity contribution is 0.158. The predicted octanol–water partition coefficient (Wildman–Crippen LogP) is 1.94. The Bertz CT molecular complexity index is 362. The van der Waals surface area contributed by atoms with Crippen molar-refractivity contribution in [3.05, 3.63) is 5.82 Å². The molecule has 0 radical (unpaired) electrons. The summed E-state index contributed by atoms with van der Waals surface area (Å²) < 4.78 is 4.35. The van der Waals surface area contributed by atoms with Gasteiger partial charge in [0.05, 0.1) is 6.10 Å². The fraction of sp³-hybridized carbons (Fsp3) is 0.833. The van der Waals surface area contributed by atoms with Gasteiger partial charge in [-0.2, -0.15) is 4.37 Å². The first-order chi connectivity index (χ1) is 8.06. The van der Waals surface area contributed by atoms with Gasteiger partial charge in [-0.15, -0.1) is 0 Å². The zero-order valence-corrected chi connectivity index (χ0v) is 11.6. The van der Waals surface area contributed by atoms with E-state index in [1.807, 2.05) is 11.9 Å². The lowest BCUT2D eigenvalue weighted by Crippen LogP contribution is -2.30. The first-order valence-corrected chi connectivity index (χ1v) is 7.05. The van der Waals surface area contributed by atoms with Crippen LogP contribution in [0.4, 0.5) is 5.13 Å². The second kappa shape index (κ2) is 5.31. The van der Waals surface area contributed by atoms with Gasteiger partial charge in [-0.3, -0.25) is 0 Å². The van der Waals surface area contributed by atoms with E-state index in [0.717, 1.165) is 17.4 Å². The quantitative estimate of drug-likeness (QED) is 0.844. The maximum absolute atomic E-state index is 9.89. The summed E-state index contributed by atoms with van der Waals surface area (Å²) in [5, 5.41) is 10.8. The van der Waals surface area contributed by atoms with Gasteiger partial charge in [0.25, 0.3) is 0 Å². The topological polar surface area (TPSA) is 49.2 Å². The van der Waals surface area contributed by atoms with Crippen LogP contribution in [-0.4, -0.2) is 34.2 Å². The first kappa shape index (κ1) is 12.8. The van der Waals surface area contributed by atoms with Gasteiger partial charge in [-0.1, -0.05) is 13.8 Å². The van der Waals surface area contributed by atoms with Gasteiger partial charge in [0.15, 0.2) is 0 Å². The number of aliphatic hydroxyl groups is 1. The fourth-order valence-electron chi connectivity index (χ4n) is 1.84. The third kappa shape index (κ3) is 3.64. The highest BCUT2D eigenvalue weighted by Crippen LogP contribution is 2.33. The van der Waals surface area contributed by atoms with Gasteiger partial charge in [0.2, 0.25) is 5.13 Å². The van der Waals surface area contributed by atoms with E-state index in [0.29, 0.717) is 18.4 Å². The van der Waals surface area contributed by atoms with Crippen molar-refractivity contribution >= 4 is 16.7 Å². The van der Waals surface area contributed by atoms with E-state index < -0.39 is 0 Å². The van der Waals surface area contributed by atoms with Gasteiger partial charge in [0, 0.05) is 31.5 Å². The Balaban J connectivity index is 1.89. The maximum atomic E-state index is 9.89. The van der Waals surface area contributed by atoms with E-state index in [9.17, 15) is 5.11 Å². The summed E-state index contributed by atoms with van der Waals surface area (Å²) >= 11 is 1.43. The smallest absolute Gasteiger partial charge is 0.205 e. The monoisotopic (exact) mass is 255 g/mol. The molecule has 0 amide bonds. The van der Waals surface area contributed by atoms with Crippen LogP contribution in [0.2, 0.25) is 0 Å². The Hall–Kier alpha value is -0.680. The first-order valence-electron chi connectivity index (χ1n) is 6.28. The largest absolute Gasteiger partial charge is 0.391 e. The van der Waals surface area contributed by atoms with Crippen LogP contribution in [0.3, 0.4) is 0 Å². The van der Waals surface area contributed by atoms with E-state index in [1.54, 1.807) is 0 Å². The SMILES string of the molecule is CC(C)Cc1nsc(N(C)CC(O)C2CC2)n1. The van der Waals surface area contributed by atoms with Gasteiger partial charge in [-0.25, -0.2) is 4.98 Å². The van der Waals surface area contributed by atoms with Crippen molar-refractivity contribution in [3.63, 3.8) is 0 Å². The number of likely N-dealkylation sites (N-methyl/N-ethyl adjacent to an activating group) is 1. The van der Waals surface area contributed by atoms with Crippen LogP contribution < -0.4 is 4.90 Å². The van der Waals surface area contributed by atoms with E-state index in [4.69, 9.17) is 0 Å². The number of rotatable bonds is 6. The minimum atomic E-state index is -0.211. The average Bonchev–Trinajstić information content (AvgIpc) is 2.99. The molecule has 5 heteroatoms. The second-order valence-electron chi connectivity index (χ2n) is 5.38. The van der Waals surface area contributed by atoms with Crippen LogP contribution in [0.5, 0.6) is 0 Å². The van der Waals surface area contributed by atoms with E-state index >= 15 is 0 Å². The van der Waals surface area contributed by atoms with Gasteiger partial charge < -0.3 is 10.0 Å². The molecule has 1 N–H and O–H groups in total. The van der Waals surface area contributed by atoms with Gasteiger partial charge in [-0.05, 0) is 24.7 Å². The molecule has 96 valence electrons. The predicted molar refractivity (Wildman–Crippen MR) is 70.5 cm³/mol. The van der Waals surface area contributed by atoms with Gasteiger partial charge in [0.1, 0.15) is 5.82 Å². The third-order valence-corrected chi connectivity index (χ3v) is 3.87. The Morgan fingerprint density at radius 2 is 2.18 bits per heavy atom. The van der Waals surface area contributed by atoms with Crippen molar-refractivity contribution in [2.45, 2.75) is 39.2 Å². The van der Waals surface area contributed by atoms with E-state index in [2.05, 4.69) is 23.2 Å². The Kier molecular flexibility index (Phi) is 3.99. The molecule has 0 saturated heterocycles. The summed E-state index contributed by atoms with van der Waals surface area (Å²) in [5.41, 5.74) is 0. The molecule has 1 saturated carbocycles. The van der Waals surface area contributed by atoms with Crippen LogP contribution in [0.25, 0.3) is 0 Å². The third-order valence-electron chi connectivity index (χ3n) is 3.00. The summed E-state index contributed by atoms with van der Waals surface area (Å²) in [6, 6.07) is 0. The van der Waals surface area contributed by atoms with Crippen molar-refractivity contribution in [2.75, 3.05) is 18.5 Å². The molecule has 17 heavy (non-hydrogen) atoms. The molecule has 0 aromatic carbocycles. The zero-order valence-electron chi connectivity index (χ0n) is 10.8. The Morgan fingerprint density at radius 3 is 2.76 bits per heavy atom. The highest BCUT2D eigenvalue weighted by atomic mass is 32.1. The van der Waals surface area contributed by atoms with Crippen molar-refractivity contribution in [1.29, 1.82) is 0 Å². The van der Waals surface area contributed by atoms with Gasteiger partial charge >= 0.3 is 0 Å². The van der Waals surface area contributed by atoms with Crippen LogP contribution >= 0.6 is 11.5 Å². The molecule has 0 bridgehead atoms. The number of anilines is 1. The summed E-state index contributed by atoms with van der Waals surface area (Å²) in [5.74, 6) is 2.02. The summed E-state index contributed by atoms with van der Waals surface area (Å²) in [7, 11) is 1.98. The van der Waals surface area contributed by atoms with Crippen molar-refractivity contribution < 1.29 is 5.11 Å². The Labute approximate surface area is 107 Å². The molecule has 1 aromatic heterocycles. The van der Waals surface area contributed by atoms with E-state index in [1.165, 1.54) is 24.4 Å². The number of hydrogen-bond acceptors (Lipinski definition) is 5. The van der Waals surface area contributed by atoms with Crippen molar-refractivity contribution in [2.24, 2.45) is 11.8 Å². The Morgan fingerprint density at radius 1 is 1.47 bits per heavy atom. The van der Waals surface area contributed by atoms with Crippen LogP contribution in [0.1, 0.15) is 32.5 Å². The summed E-state index contributed by atoms with van der Waals surface area (Å²) in [4.78, 5) is 6.52. The highest BCUT2D eigenvalue weighted by molar-refractivity contribution is 7.09. The zero-order chi connectivity index (χ0) is 12.4. The molecule has 1 heterocycles. The molecular formula is C12H21N3OS.